The quantitative estimate of drug-likeness (QED) is 0.826. The largest absolute Gasteiger partial charge is 0.390 e. The van der Waals surface area contributed by atoms with Crippen molar-refractivity contribution in [2.24, 2.45) is 0 Å². The fourth-order valence-electron chi connectivity index (χ4n) is 1.36. The number of aromatic nitrogens is 1. The normalized spacial score (nSPS) is 13.7. The SMILES string of the molecule is CC(=O)SCCC(O)C(O)c1cc(C#N)ccn1. The molecular weight excluding hydrogens is 252 g/mol. The number of carbonyl (C=O) groups excluding carboxylic acids is 1. The van der Waals surface area contributed by atoms with Crippen molar-refractivity contribution in [1.82, 2.24) is 4.98 Å². The zero-order valence-electron chi connectivity index (χ0n) is 9.91. The van der Waals surface area contributed by atoms with Gasteiger partial charge in [0.1, 0.15) is 6.10 Å². The lowest BCUT2D eigenvalue weighted by Gasteiger charge is -2.16. The predicted octanol–water partition coefficient (Wildman–Crippen LogP) is 1.02. The van der Waals surface area contributed by atoms with Crippen molar-refractivity contribution < 1.29 is 15.0 Å². The number of hydrogen-bond acceptors (Lipinski definition) is 6. The fourth-order valence-corrected chi connectivity index (χ4v) is 2.00. The number of hydrogen-bond donors (Lipinski definition) is 2. The summed E-state index contributed by atoms with van der Waals surface area (Å²) < 4.78 is 0. The van der Waals surface area contributed by atoms with Gasteiger partial charge in [-0.15, -0.1) is 0 Å². The fraction of sp³-hybridized carbons (Fsp3) is 0.417. The zero-order chi connectivity index (χ0) is 13.5. The summed E-state index contributed by atoms with van der Waals surface area (Å²) in [5.41, 5.74) is 0.638. The lowest BCUT2D eigenvalue weighted by Crippen LogP contribution is -2.20. The van der Waals surface area contributed by atoms with E-state index in [1.807, 2.05) is 6.07 Å². The van der Waals surface area contributed by atoms with Crippen LogP contribution in [-0.2, 0) is 4.79 Å². The molecule has 0 saturated heterocycles. The van der Waals surface area contributed by atoms with Gasteiger partial charge in [0.05, 0.1) is 23.4 Å². The van der Waals surface area contributed by atoms with Gasteiger partial charge in [-0.25, -0.2) is 0 Å². The van der Waals surface area contributed by atoms with Gasteiger partial charge in [0.2, 0.25) is 0 Å². The molecule has 1 rings (SSSR count). The van der Waals surface area contributed by atoms with Crippen molar-refractivity contribution in [3.63, 3.8) is 0 Å². The first-order chi connectivity index (χ1) is 8.54. The molecule has 0 bridgehead atoms. The molecule has 1 aromatic rings. The Labute approximate surface area is 109 Å². The standard InChI is InChI=1S/C12H14N2O3S/c1-8(15)18-5-3-11(16)12(17)10-6-9(7-13)2-4-14-10/h2,4,6,11-12,16-17H,3,5H2,1H3. The molecule has 1 aromatic heterocycles. The number of nitrogens with zero attached hydrogens (tertiary/aromatic N) is 2. The minimum absolute atomic E-state index is 0.0266. The van der Waals surface area contributed by atoms with Crippen LogP contribution in [0.15, 0.2) is 18.3 Å². The van der Waals surface area contributed by atoms with E-state index in [1.165, 1.54) is 25.3 Å². The molecule has 0 aliphatic carbocycles. The van der Waals surface area contributed by atoms with Crippen LogP contribution < -0.4 is 0 Å². The maximum Gasteiger partial charge on any atom is 0.185 e. The minimum Gasteiger partial charge on any atom is -0.390 e. The Kier molecular flexibility index (Phi) is 5.78. The van der Waals surface area contributed by atoms with Gasteiger partial charge in [-0.2, -0.15) is 5.26 Å². The van der Waals surface area contributed by atoms with Crippen molar-refractivity contribution in [1.29, 1.82) is 5.26 Å². The highest BCUT2D eigenvalue weighted by atomic mass is 32.2. The molecule has 2 atom stereocenters. The average Bonchev–Trinajstić information content (AvgIpc) is 2.37. The summed E-state index contributed by atoms with van der Waals surface area (Å²) in [7, 11) is 0. The monoisotopic (exact) mass is 266 g/mol. The number of rotatable bonds is 5. The van der Waals surface area contributed by atoms with Crippen LogP contribution in [0.5, 0.6) is 0 Å². The van der Waals surface area contributed by atoms with Crippen LogP contribution in [0, 0.1) is 11.3 Å². The summed E-state index contributed by atoms with van der Waals surface area (Å²) in [5, 5.41) is 28.3. The Morgan fingerprint density at radius 3 is 2.94 bits per heavy atom. The van der Waals surface area contributed by atoms with Crippen LogP contribution in [-0.4, -0.2) is 32.2 Å². The van der Waals surface area contributed by atoms with Crippen molar-refractivity contribution >= 4 is 16.9 Å². The van der Waals surface area contributed by atoms with Crippen LogP contribution in [0.3, 0.4) is 0 Å². The molecule has 1 heterocycles. The highest BCUT2D eigenvalue weighted by molar-refractivity contribution is 8.13. The molecule has 0 amide bonds. The highest BCUT2D eigenvalue weighted by Crippen LogP contribution is 2.19. The van der Waals surface area contributed by atoms with Gasteiger partial charge in [0, 0.05) is 18.9 Å². The minimum atomic E-state index is -1.15. The molecule has 0 radical (unpaired) electrons. The topological polar surface area (TPSA) is 94.2 Å². The van der Waals surface area contributed by atoms with Crippen LogP contribution in [0.4, 0.5) is 0 Å². The van der Waals surface area contributed by atoms with E-state index in [-0.39, 0.29) is 17.2 Å². The summed E-state index contributed by atoms with van der Waals surface area (Å²) in [6, 6.07) is 4.90. The molecule has 96 valence electrons. The molecule has 0 aliphatic heterocycles. The summed E-state index contributed by atoms with van der Waals surface area (Å²) in [5.74, 6) is 0.436. The number of aliphatic hydroxyl groups is 2. The maximum absolute atomic E-state index is 10.7. The highest BCUT2D eigenvalue weighted by Gasteiger charge is 2.19. The van der Waals surface area contributed by atoms with E-state index in [2.05, 4.69) is 4.98 Å². The molecular formula is C12H14N2O3S. The molecule has 5 nitrogen and oxygen atoms in total. The first-order valence-electron chi connectivity index (χ1n) is 5.40. The van der Waals surface area contributed by atoms with Gasteiger partial charge in [-0.3, -0.25) is 9.78 Å². The van der Waals surface area contributed by atoms with Gasteiger partial charge in [0.25, 0.3) is 0 Å². The first kappa shape index (κ1) is 14.6. The van der Waals surface area contributed by atoms with E-state index in [4.69, 9.17) is 5.26 Å². The Hall–Kier alpha value is -1.42. The van der Waals surface area contributed by atoms with Crippen molar-refractivity contribution in [3.05, 3.63) is 29.6 Å². The molecule has 2 unspecified atom stereocenters. The lowest BCUT2D eigenvalue weighted by atomic mass is 10.1. The number of thioether (sulfide) groups is 1. The maximum atomic E-state index is 10.7. The molecule has 0 spiro atoms. The number of carbonyl (C=O) groups is 1. The molecule has 18 heavy (non-hydrogen) atoms. The van der Waals surface area contributed by atoms with E-state index >= 15 is 0 Å². The Morgan fingerprint density at radius 1 is 1.61 bits per heavy atom. The Morgan fingerprint density at radius 2 is 2.33 bits per heavy atom. The van der Waals surface area contributed by atoms with Crippen molar-refractivity contribution in [3.8, 4) is 6.07 Å². The average molecular weight is 266 g/mol. The number of aliphatic hydroxyl groups excluding tert-OH is 2. The second kappa shape index (κ2) is 7.11. The van der Waals surface area contributed by atoms with Gasteiger partial charge in [0.15, 0.2) is 5.12 Å². The zero-order valence-corrected chi connectivity index (χ0v) is 10.7. The number of nitriles is 1. The number of pyridine rings is 1. The van der Waals surface area contributed by atoms with E-state index < -0.39 is 12.2 Å². The second-order valence-corrected chi connectivity index (χ2v) is 4.99. The summed E-state index contributed by atoms with van der Waals surface area (Å²) in [6.45, 7) is 1.45. The predicted molar refractivity (Wildman–Crippen MR) is 67.7 cm³/mol. The Balaban J connectivity index is 2.59. The molecule has 0 fully saturated rings. The second-order valence-electron chi connectivity index (χ2n) is 3.72. The van der Waals surface area contributed by atoms with E-state index in [1.54, 1.807) is 0 Å². The molecule has 0 saturated carbocycles. The van der Waals surface area contributed by atoms with Gasteiger partial charge < -0.3 is 10.2 Å². The van der Waals surface area contributed by atoms with E-state index in [0.717, 1.165) is 11.8 Å². The molecule has 0 aromatic carbocycles. The van der Waals surface area contributed by atoms with Crippen molar-refractivity contribution in [2.75, 3.05) is 5.75 Å². The molecule has 2 N–H and O–H groups in total. The Bertz CT molecular complexity index is 459. The first-order valence-corrected chi connectivity index (χ1v) is 6.38. The third-order valence-electron chi connectivity index (χ3n) is 2.30. The molecule has 6 heteroatoms. The van der Waals surface area contributed by atoms with Crippen LogP contribution in [0.2, 0.25) is 0 Å². The van der Waals surface area contributed by atoms with Crippen LogP contribution in [0.25, 0.3) is 0 Å². The van der Waals surface area contributed by atoms with Crippen molar-refractivity contribution in [2.45, 2.75) is 25.6 Å². The smallest absolute Gasteiger partial charge is 0.185 e. The van der Waals surface area contributed by atoms with Gasteiger partial charge in [-0.05, 0) is 18.6 Å². The third kappa shape index (κ3) is 4.45. The lowest BCUT2D eigenvalue weighted by molar-refractivity contribution is -0.109. The van der Waals surface area contributed by atoms with E-state index in [9.17, 15) is 15.0 Å². The van der Waals surface area contributed by atoms with Gasteiger partial charge in [-0.1, -0.05) is 11.8 Å². The van der Waals surface area contributed by atoms with E-state index in [0.29, 0.717) is 11.3 Å². The molecule has 0 aliphatic rings. The van der Waals surface area contributed by atoms with Crippen LogP contribution in [0.1, 0.15) is 30.7 Å². The summed E-state index contributed by atoms with van der Waals surface area (Å²) in [6.07, 6.45) is -0.456. The van der Waals surface area contributed by atoms with Gasteiger partial charge >= 0.3 is 0 Å². The van der Waals surface area contributed by atoms with Crippen LogP contribution >= 0.6 is 11.8 Å². The third-order valence-corrected chi connectivity index (χ3v) is 3.14. The summed E-state index contributed by atoms with van der Waals surface area (Å²) in [4.78, 5) is 14.6. The summed E-state index contributed by atoms with van der Waals surface area (Å²) >= 11 is 1.10.